The molecule has 3 fully saturated rings. The molecule has 3 aliphatic heterocycles. The number of imidazole rings is 1. The summed E-state index contributed by atoms with van der Waals surface area (Å²) in [4.78, 5) is 3.74. The van der Waals surface area contributed by atoms with Crippen LogP contribution in [0.3, 0.4) is 0 Å². The molecule has 0 saturated carbocycles. The van der Waals surface area contributed by atoms with E-state index >= 15 is 0 Å². The van der Waals surface area contributed by atoms with Crippen LogP contribution >= 0.6 is 0 Å². The molecule has 0 aliphatic carbocycles. The van der Waals surface area contributed by atoms with Gasteiger partial charge in [-0.3, -0.25) is 0 Å². The molecule has 0 spiro atoms. The third-order valence-electron chi connectivity index (χ3n) is 4.39. The fourth-order valence-corrected chi connectivity index (χ4v) is 4.33. The molecule has 146 valence electrons. The lowest BCUT2D eigenvalue weighted by molar-refractivity contribution is -0.230. The Hall–Kier alpha value is -1.08. The van der Waals surface area contributed by atoms with Crippen LogP contribution in [0.4, 0.5) is 0 Å². The molecule has 3 aliphatic rings. The maximum Gasteiger partial charge on any atom is 0.367 e. The van der Waals surface area contributed by atoms with Crippen LogP contribution in [-0.2, 0) is 38.2 Å². The van der Waals surface area contributed by atoms with Gasteiger partial charge in [0.1, 0.15) is 30.7 Å². The van der Waals surface area contributed by atoms with Crippen molar-refractivity contribution >= 4 is 10.3 Å². The second kappa shape index (κ2) is 5.96. The van der Waals surface area contributed by atoms with Gasteiger partial charge >= 0.3 is 10.3 Å². The van der Waals surface area contributed by atoms with Crippen molar-refractivity contribution < 1.29 is 36.3 Å². The Bertz CT molecular complexity index is 763. The predicted molar refractivity (Wildman–Crippen MR) is 85.0 cm³/mol. The van der Waals surface area contributed by atoms with Gasteiger partial charge in [0.2, 0.25) is 0 Å². The Labute approximate surface area is 151 Å². The highest BCUT2D eigenvalue weighted by molar-refractivity contribution is 7.85. The number of hydrogen-bond donors (Lipinski definition) is 0. The average Bonchev–Trinajstić information content (AvgIpc) is 3.24. The van der Waals surface area contributed by atoms with Crippen molar-refractivity contribution in [2.75, 3.05) is 6.61 Å². The Morgan fingerprint density at radius 3 is 2.50 bits per heavy atom. The van der Waals surface area contributed by atoms with E-state index in [4.69, 9.17) is 27.9 Å². The van der Waals surface area contributed by atoms with E-state index in [1.165, 1.54) is 12.4 Å². The summed E-state index contributed by atoms with van der Waals surface area (Å²) in [6, 6.07) is 0. The van der Waals surface area contributed by atoms with E-state index in [1.807, 2.05) is 0 Å². The van der Waals surface area contributed by atoms with Crippen LogP contribution in [0.15, 0.2) is 18.7 Å². The second-order valence-corrected chi connectivity index (χ2v) is 8.82. The van der Waals surface area contributed by atoms with Crippen molar-refractivity contribution in [3.8, 4) is 0 Å². The summed E-state index contributed by atoms with van der Waals surface area (Å²) in [5.41, 5.74) is 0. The summed E-state index contributed by atoms with van der Waals surface area (Å²) in [5.74, 6) is -1.70. The predicted octanol–water partition coefficient (Wildman–Crippen LogP) is 0.389. The van der Waals surface area contributed by atoms with Crippen LogP contribution in [0.1, 0.15) is 27.7 Å². The molecule has 10 nitrogen and oxygen atoms in total. The van der Waals surface area contributed by atoms with Crippen molar-refractivity contribution in [1.29, 1.82) is 0 Å². The Balaban J connectivity index is 1.60. The SMILES string of the molecule is CC1(C)OC[C@@H]([C@H]2OC3OC(C)(C)O[C@@H]3[C@H]2OS(=O)(=O)n2ccnc2)O1. The molecule has 5 atom stereocenters. The summed E-state index contributed by atoms with van der Waals surface area (Å²) in [5, 5.41) is 0. The van der Waals surface area contributed by atoms with Crippen LogP contribution in [-0.4, -0.2) is 66.3 Å². The molecule has 11 heteroatoms. The molecule has 4 rings (SSSR count). The first-order chi connectivity index (χ1) is 12.1. The van der Waals surface area contributed by atoms with Crippen molar-refractivity contribution in [1.82, 2.24) is 8.96 Å². The lowest BCUT2D eigenvalue weighted by Crippen LogP contribution is -2.45. The fourth-order valence-electron chi connectivity index (χ4n) is 3.36. The highest BCUT2D eigenvalue weighted by Crippen LogP contribution is 2.42. The number of hydrogen-bond acceptors (Lipinski definition) is 9. The van der Waals surface area contributed by atoms with Crippen molar-refractivity contribution in [3.05, 3.63) is 18.7 Å². The summed E-state index contributed by atoms with van der Waals surface area (Å²) < 4.78 is 60.3. The van der Waals surface area contributed by atoms with E-state index in [-0.39, 0.29) is 6.61 Å². The quantitative estimate of drug-likeness (QED) is 0.721. The largest absolute Gasteiger partial charge is 0.367 e. The van der Waals surface area contributed by atoms with E-state index < -0.39 is 52.6 Å². The first-order valence-electron chi connectivity index (χ1n) is 8.31. The highest BCUT2D eigenvalue weighted by atomic mass is 32.2. The fraction of sp³-hybridized carbons (Fsp3) is 0.800. The summed E-state index contributed by atoms with van der Waals surface area (Å²) in [7, 11) is -4.13. The zero-order valence-electron chi connectivity index (χ0n) is 14.9. The smallest absolute Gasteiger partial charge is 0.348 e. The van der Waals surface area contributed by atoms with Gasteiger partial charge in [0, 0.05) is 12.4 Å². The molecule has 3 saturated heterocycles. The van der Waals surface area contributed by atoms with Crippen LogP contribution in [0, 0.1) is 0 Å². The Morgan fingerprint density at radius 1 is 1.12 bits per heavy atom. The first-order valence-corrected chi connectivity index (χ1v) is 9.67. The van der Waals surface area contributed by atoms with Gasteiger partial charge in [-0.1, -0.05) is 0 Å². The maximum absolute atomic E-state index is 12.6. The van der Waals surface area contributed by atoms with Crippen molar-refractivity contribution in [3.63, 3.8) is 0 Å². The first kappa shape index (κ1) is 18.3. The van der Waals surface area contributed by atoms with Gasteiger partial charge < -0.3 is 23.7 Å². The van der Waals surface area contributed by atoms with Gasteiger partial charge in [-0.25, -0.2) is 13.1 Å². The maximum atomic E-state index is 12.6. The van der Waals surface area contributed by atoms with Gasteiger partial charge in [0.15, 0.2) is 17.9 Å². The molecule has 1 aromatic heterocycles. The monoisotopic (exact) mass is 390 g/mol. The van der Waals surface area contributed by atoms with E-state index in [0.29, 0.717) is 0 Å². The minimum Gasteiger partial charge on any atom is -0.348 e. The lowest BCUT2D eigenvalue weighted by Gasteiger charge is -2.28. The number of nitrogens with zero attached hydrogens (tertiary/aromatic N) is 2. The zero-order chi connectivity index (χ0) is 18.7. The molecular formula is C15H22N2O8S. The van der Waals surface area contributed by atoms with Gasteiger partial charge in [-0.15, -0.1) is 0 Å². The normalized spacial score (nSPS) is 38.5. The molecule has 0 aromatic carbocycles. The number of aromatic nitrogens is 2. The third-order valence-corrected chi connectivity index (χ3v) is 5.59. The zero-order valence-corrected chi connectivity index (χ0v) is 15.7. The molecule has 1 aromatic rings. The molecule has 0 radical (unpaired) electrons. The Kier molecular flexibility index (Phi) is 4.19. The van der Waals surface area contributed by atoms with E-state index in [0.717, 1.165) is 10.3 Å². The number of rotatable bonds is 4. The van der Waals surface area contributed by atoms with Gasteiger partial charge in [0.05, 0.1) is 6.61 Å². The van der Waals surface area contributed by atoms with Gasteiger partial charge in [0.25, 0.3) is 0 Å². The summed E-state index contributed by atoms with van der Waals surface area (Å²) in [6.45, 7) is 7.24. The molecule has 0 N–H and O–H groups in total. The number of ether oxygens (including phenoxy) is 5. The molecule has 1 unspecified atom stereocenters. The summed E-state index contributed by atoms with van der Waals surface area (Å²) in [6.07, 6.45) is 0.0800. The minimum absolute atomic E-state index is 0.242. The van der Waals surface area contributed by atoms with Crippen LogP contribution < -0.4 is 0 Å². The Morgan fingerprint density at radius 2 is 1.88 bits per heavy atom. The molecule has 26 heavy (non-hydrogen) atoms. The lowest BCUT2D eigenvalue weighted by atomic mass is 10.1. The van der Waals surface area contributed by atoms with Crippen molar-refractivity contribution in [2.24, 2.45) is 0 Å². The van der Waals surface area contributed by atoms with Gasteiger partial charge in [-0.05, 0) is 27.7 Å². The molecule has 0 amide bonds. The van der Waals surface area contributed by atoms with Crippen molar-refractivity contribution in [2.45, 2.75) is 70.0 Å². The van der Waals surface area contributed by atoms with Gasteiger partial charge in [-0.2, -0.15) is 8.42 Å². The number of fused-ring (bicyclic) bond motifs is 1. The minimum atomic E-state index is -4.13. The topological polar surface area (TPSA) is 107 Å². The van der Waals surface area contributed by atoms with Crippen LogP contribution in [0.25, 0.3) is 0 Å². The van der Waals surface area contributed by atoms with Crippen LogP contribution in [0.2, 0.25) is 0 Å². The average molecular weight is 390 g/mol. The third kappa shape index (κ3) is 3.28. The molecular weight excluding hydrogens is 368 g/mol. The second-order valence-electron chi connectivity index (χ2n) is 7.35. The standard InChI is InChI=1S/C15H22N2O8S/c1-14(2)20-7-9(22-14)10-11(12-13(21-10)24-15(3,4)23-12)25-26(18,19)17-6-5-16-8-17/h5-6,8-13H,7H2,1-4H3/t9-,10+,11-,12+,13?/m0/s1. The van der Waals surface area contributed by atoms with E-state index in [9.17, 15) is 8.42 Å². The highest BCUT2D eigenvalue weighted by Gasteiger charge is 2.60. The molecule has 4 heterocycles. The molecule has 0 bridgehead atoms. The van der Waals surface area contributed by atoms with Crippen LogP contribution in [0.5, 0.6) is 0 Å². The van der Waals surface area contributed by atoms with E-state index in [1.54, 1.807) is 27.7 Å². The van der Waals surface area contributed by atoms with E-state index in [2.05, 4.69) is 4.98 Å². The summed E-state index contributed by atoms with van der Waals surface area (Å²) >= 11 is 0.